The van der Waals surface area contributed by atoms with Crippen LogP contribution in [0.4, 0.5) is 0 Å². The molecular formula is C11H18ClNOS. The van der Waals surface area contributed by atoms with Crippen molar-refractivity contribution in [2.75, 3.05) is 6.54 Å². The largest absolute Gasteiger partial charge is 0.393 e. The minimum absolute atomic E-state index is 0.216. The summed E-state index contributed by atoms with van der Waals surface area (Å²) in [6.45, 7) is 5.70. The normalized spacial score (nSPS) is 15.2. The Bertz CT molecular complexity index is 288. The molecule has 0 aliphatic rings. The van der Waals surface area contributed by atoms with Crippen LogP contribution in [0.5, 0.6) is 0 Å². The third-order valence-corrected chi connectivity index (χ3v) is 3.60. The van der Waals surface area contributed by atoms with Crippen molar-refractivity contribution < 1.29 is 5.11 Å². The smallest absolute Gasteiger partial charge is 0.0558 e. The molecule has 0 unspecified atom stereocenters. The highest BCUT2D eigenvalue weighted by Gasteiger charge is 2.06. The molecule has 1 aromatic rings. The molecule has 4 heteroatoms. The highest BCUT2D eigenvalue weighted by atomic mass is 35.5. The molecule has 0 fully saturated rings. The van der Waals surface area contributed by atoms with Crippen LogP contribution in [-0.2, 0) is 6.54 Å². The first-order valence-corrected chi connectivity index (χ1v) is 6.46. The highest BCUT2D eigenvalue weighted by Crippen LogP contribution is 2.21. The van der Waals surface area contributed by atoms with E-state index >= 15 is 0 Å². The number of hydrogen-bond acceptors (Lipinski definition) is 3. The van der Waals surface area contributed by atoms with E-state index in [4.69, 9.17) is 11.6 Å². The van der Waals surface area contributed by atoms with Crippen LogP contribution in [0.2, 0.25) is 5.02 Å². The van der Waals surface area contributed by atoms with Gasteiger partial charge in [-0.05, 0) is 37.3 Å². The summed E-state index contributed by atoms with van der Waals surface area (Å²) in [4.78, 5) is 1.18. The molecule has 0 amide bonds. The van der Waals surface area contributed by atoms with E-state index in [2.05, 4.69) is 12.2 Å². The summed E-state index contributed by atoms with van der Waals surface area (Å²) >= 11 is 7.64. The second-order valence-electron chi connectivity index (χ2n) is 4.01. The Hall–Kier alpha value is -0.0900. The quantitative estimate of drug-likeness (QED) is 0.810. The molecule has 1 rings (SSSR count). The van der Waals surface area contributed by atoms with E-state index < -0.39 is 0 Å². The van der Waals surface area contributed by atoms with Gasteiger partial charge in [-0.3, -0.25) is 0 Å². The Morgan fingerprint density at radius 2 is 2.27 bits per heavy atom. The fourth-order valence-corrected chi connectivity index (χ4v) is 2.62. The van der Waals surface area contributed by atoms with Crippen LogP contribution in [0.1, 0.15) is 25.1 Å². The monoisotopic (exact) mass is 247 g/mol. The van der Waals surface area contributed by atoms with Gasteiger partial charge in [0.15, 0.2) is 0 Å². The van der Waals surface area contributed by atoms with E-state index in [0.717, 1.165) is 24.5 Å². The molecule has 0 aliphatic carbocycles. The number of halogens is 1. The first-order chi connectivity index (χ1) is 7.09. The van der Waals surface area contributed by atoms with Crippen molar-refractivity contribution in [3.8, 4) is 0 Å². The zero-order chi connectivity index (χ0) is 11.3. The Morgan fingerprint density at radius 3 is 2.80 bits per heavy atom. The average Bonchev–Trinajstić information content (AvgIpc) is 2.50. The summed E-state index contributed by atoms with van der Waals surface area (Å²) in [5, 5.41) is 15.4. The molecule has 2 N–H and O–H groups in total. The minimum atomic E-state index is -0.216. The van der Waals surface area contributed by atoms with Crippen molar-refractivity contribution in [1.82, 2.24) is 5.32 Å². The van der Waals surface area contributed by atoms with Gasteiger partial charge in [0.25, 0.3) is 0 Å². The van der Waals surface area contributed by atoms with Gasteiger partial charge in [0.2, 0.25) is 0 Å². The lowest BCUT2D eigenvalue weighted by Gasteiger charge is -2.13. The van der Waals surface area contributed by atoms with Gasteiger partial charge in [-0.15, -0.1) is 11.3 Å². The van der Waals surface area contributed by atoms with Gasteiger partial charge in [0.1, 0.15) is 0 Å². The number of nitrogens with one attached hydrogen (secondary N) is 1. The molecule has 86 valence electrons. The number of thiophene rings is 1. The van der Waals surface area contributed by atoms with Crippen molar-refractivity contribution in [2.24, 2.45) is 5.92 Å². The fourth-order valence-electron chi connectivity index (χ4n) is 1.55. The maximum absolute atomic E-state index is 9.20. The van der Waals surface area contributed by atoms with Crippen LogP contribution in [0.25, 0.3) is 0 Å². The molecule has 1 heterocycles. The fraction of sp³-hybridized carbons (Fsp3) is 0.636. The third kappa shape index (κ3) is 4.98. The summed E-state index contributed by atoms with van der Waals surface area (Å²) in [5.41, 5.74) is 0. The van der Waals surface area contributed by atoms with Gasteiger partial charge in [-0.2, -0.15) is 0 Å². The topological polar surface area (TPSA) is 32.3 Å². The van der Waals surface area contributed by atoms with Gasteiger partial charge in [-0.1, -0.05) is 18.5 Å². The summed E-state index contributed by atoms with van der Waals surface area (Å²) in [5.74, 6) is 0.490. The molecule has 0 saturated heterocycles. The average molecular weight is 248 g/mol. The molecule has 0 radical (unpaired) electrons. The lowest BCUT2D eigenvalue weighted by Crippen LogP contribution is -2.22. The lowest BCUT2D eigenvalue weighted by molar-refractivity contribution is 0.163. The maximum atomic E-state index is 9.20. The number of aliphatic hydroxyl groups is 1. The molecular weight excluding hydrogens is 230 g/mol. The van der Waals surface area contributed by atoms with Crippen LogP contribution >= 0.6 is 22.9 Å². The maximum Gasteiger partial charge on any atom is 0.0558 e. The van der Waals surface area contributed by atoms with E-state index in [0.29, 0.717) is 5.92 Å². The van der Waals surface area contributed by atoms with Crippen molar-refractivity contribution in [3.63, 3.8) is 0 Å². The predicted octanol–water partition coefficient (Wildman–Crippen LogP) is 2.90. The zero-order valence-electron chi connectivity index (χ0n) is 9.16. The van der Waals surface area contributed by atoms with E-state index in [9.17, 15) is 5.11 Å². The SMILES string of the molecule is C[C@H](CNCc1sccc1Cl)C[C@@H](C)O. The summed E-state index contributed by atoms with van der Waals surface area (Å²) in [6.07, 6.45) is 0.623. The standard InChI is InChI=1S/C11H18ClNOS/c1-8(5-9(2)14)6-13-7-11-10(12)3-4-15-11/h3-4,8-9,13-14H,5-7H2,1-2H3/t8-,9+/m0/s1. The van der Waals surface area contributed by atoms with Crippen LogP contribution in [-0.4, -0.2) is 17.8 Å². The van der Waals surface area contributed by atoms with Gasteiger partial charge in [-0.25, -0.2) is 0 Å². The molecule has 0 aliphatic heterocycles. The van der Waals surface area contributed by atoms with Crippen molar-refractivity contribution in [1.29, 1.82) is 0 Å². The van der Waals surface area contributed by atoms with Gasteiger partial charge >= 0.3 is 0 Å². The second-order valence-corrected chi connectivity index (χ2v) is 5.42. The van der Waals surface area contributed by atoms with Gasteiger partial charge in [0, 0.05) is 11.4 Å². The Labute approximate surface area is 100 Å². The van der Waals surface area contributed by atoms with Crippen LogP contribution in [0.3, 0.4) is 0 Å². The number of rotatable bonds is 6. The highest BCUT2D eigenvalue weighted by molar-refractivity contribution is 7.10. The number of aliphatic hydroxyl groups excluding tert-OH is 1. The van der Waals surface area contributed by atoms with Crippen LogP contribution in [0, 0.1) is 5.92 Å². The first-order valence-electron chi connectivity index (χ1n) is 5.20. The first kappa shape index (κ1) is 13.0. The van der Waals surface area contributed by atoms with Crippen molar-refractivity contribution >= 4 is 22.9 Å². The zero-order valence-corrected chi connectivity index (χ0v) is 10.7. The summed E-state index contributed by atoms with van der Waals surface area (Å²) in [6, 6.07) is 1.92. The Kier molecular flexibility index (Phi) is 5.61. The van der Waals surface area contributed by atoms with E-state index in [1.807, 2.05) is 18.4 Å². The van der Waals surface area contributed by atoms with Crippen LogP contribution < -0.4 is 5.32 Å². The third-order valence-electron chi connectivity index (χ3n) is 2.21. The lowest BCUT2D eigenvalue weighted by atomic mass is 10.1. The summed E-state index contributed by atoms with van der Waals surface area (Å²) < 4.78 is 0. The Balaban J connectivity index is 2.19. The molecule has 2 nitrogen and oxygen atoms in total. The van der Waals surface area contributed by atoms with Crippen molar-refractivity contribution in [2.45, 2.75) is 32.9 Å². The minimum Gasteiger partial charge on any atom is -0.393 e. The molecule has 15 heavy (non-hydrogen) atoms. The van der Waals surface area contributed by atoms with Crippen molar-refractivity contribution in [3.05, 3.63) is 21.3 Å². The molecule has 0 saturated carbocycles. The van der Waals surface area contributed by atoms with Gasteiger partial charge in [0.05, 0.1) is 11.1 Å². The second kappa shape index (κ2) is 6.48. The molecule has 2 atom stereocenters. The summed E-state index contributed by atoms with van der Waals surface area (Å²) in [7, 11) is 0. The van der Waals surface area contributed by atoms with E-state index in [1.165, 1.54) is 4.88 Å². The van der Waals surface area contributed by atoms with E-state index in [-0.39, 0.29) is 6.10 Å². The Morgan fingerprint density at radius 1 is 1.53 bits per heavy atom. The molecule has 0 bridgehead atoms. The predicted molar refractivity (Wildman–Crippen MR) is 66.5 cm³/mol. The van der Waals surface area contributed by atoms with Gasteiger partial charge < -0.3 is 10.4 Å². The molecule has 1 aromatic heterocycles. The molecule has 0 aromatic carbocycles. The van der Waals surface area contributed by atoms with Crippen LogP contribution in [0.15, 0.2) is 11.4 Å². The number of hydrogen-bond donors (Lipinski definition) is 2. The molecule has 0 spiro atoms. The van der Waals surface area contributed by atoms with E-state index in [1.54, 1.807) is 11.3 Å².